The molecule has 0 aromatic carbocycles. The van der Waals surface area contributed by atoms with E-state index >= 15 is 0 Å². The molecular formula is Ag2BrI. The molecule has 0 aromatic rings. The molecule has 0 aliphatic rings. The Hall–Kier alpha value is 2.69. The van der Waals surface area contributed by atoms with Crippen molar-refractivity contribution in [1.29, 1.82) is 0 Å². The molecule has 0 atom stereocenters. The average Bonchev–Trinajstić information content (AvgIpc) is 1.50. The van der Waals surface area contributed by atoms with Crippen LogP contribution >= 0.6 is 32.0 Å². The van der Waals surface area contributed by atoms with Crippen molar-refractivity contribution in [1.82, 2.24) is 0 Å². The third-order valence-corrected chi connectivity index (χ3v) is 0. The van der Waals surface area contributed by atoms with Crippen LogP contribution < -0.4 is 0 Å². The summed E-state index contributed by atoms with van der Waals surface area (Å²) < 4.78 is 0. The summed E-state index contributed by atoms with van der Waals surface area (Å²) in [5.41, 5.74) is 0. The summed E-state index contributed by atoms with van der Waals surface area (Å²) in [6.45, 7) is 0. The second-order valence-electron chi connectivity index (χ2n) is 0. The van der Waals surface area contributed by atoms with Crippen molar-refractivity contribution in [3.63, 3.8) is 0 Å². The van der Waals surface area contributed by atoms with Gasteiger partial charge in [0.2, 0.25) is 0 Å². The predicted octanol–water partition coefficient (Wildman–Crippen LogP) is 1.73. The van der Waals surface area contributed by atoms with Gasteiger partial charge in [-0.25, -0.2) is 0 Å². The molecule has 0 amide bonds. The van der Waals surface area contributed by atoms with Crippen LogP contribution in [-0.2, 0) is 36.2 Å². The van der Waals surface area contributed by atoms with Crippen LogP contribution in [0.4, 0.5) is 0 Å². The molecule has 0 aliphatic carbocycles. The topological polar surface area (TPSA) is 0 Å². The van der Waals surface area contributed by atoms with Gasteiger partial charge in [-0.15, -0.1) is 0 Å². The van der Waals surface area contributed by atoms with E-state index < -0.39 is 0 Å². The molecule has 0 unspecified atom stereocenters. The second-order valence-corrected chi connectivity index (χ2v) is 0. The molecular weight excluding hydrogens is 423 g/mol. The minimum absolute atomic E-state index is 1.96. The van der Waals surface area contributed by atoms with Crippen LogP contribution in [-0.4, -0.2) is 0 Å². The molecule has 0 aliphatic heterocycles. The van der Waals surface area contributed by atoms with Crippen molar-refractivity contribution >= 4 is 32.0 Å². The maximum atomic E-state index is 2.92. The summed E-state index contributed by atoms with van der Waals surface area (Å²) >= 11 is 10.4. The van der Waals surface area contributed by atoms with E-state index in [1.807, 2.05) is 19.0 Å². The first-order chi connectivity index (χ1) is 2.00. The Bertz CT molecular complexity index is 6.00. The van der Waals surface area contributed by atoms with E-state index in [9.17, 15) is 0 Å². The Morgan fingerprint density at radius 2 is 1.25 bits per heavy atom. The van der Waals surface area contributed by atoms with E-state index in [1.54, 1.807) is 0 Å². The van der Waals surface area contributed by atoms with Crippen molar-refractivity contribution < 1.29 is 36.2 Å². The van der Waals surface area contributed by atoms with Crippen molar-refractivity contribution in [3.8, 4) is 0 Å². The van der Waals surface area contributed by atoms with Gasteiger partial charge in [0.15, 0.2) is 0 Å². The third-order valence-electron chi connectivity index (χ3n) is 0. The number of hydrogen-bond acceptors (Lipinski definition) is 0. The number of rotatable bonds is 0. The van der Waals surface area contributed by atoms with E-state index in [-0.39, 0.29) is 0 Å². The van der Waals surface area contributed by atoms with Gasteiger partial charge >= 0.3 is 68.2 Å². The maximum absolute atomic E-state index is 2.92. The Labute approximate surface area is 66.8 Å². The van der Waals surface area contributed by atoms with E-state index in [4.69, 9.17) is 0 Å². The molecule has 0 heterocycles. The van der Waals surface area contributed by atoms with Gasteiger partial charge < -0.3 is 0 Å². The Morgan fingerprint density at radius 1 is 1.25 bits per heavy atom. The molecule has 0 saturated carbocycles. The van der Waals surface area contributed by atoms with Crippen LogP contribution in [0.3, 0.4) is 0 Å². The molecule has 0 saturated heterocycles. The fraction of sp³-hybridized carbons (Fsp3) is 0. The molecule has 36 valence electrons. The molecule has 0 fully saturated rings. The monoisotopic (exact) mass is 420 g/mol. The van der Waals surface area contributed by atoms with Gasteiger partial charge in [0.1, 0.15) is 0 Å². The van der Waals surface area contributed by atoms with Gasteiger partial charge in [-0.05, 0) is 0 Å². The summed E-state index contributed by atoms with van der Waals surface area (Å²) in [5, 5.41) is 0. The van der Waals surface area contributed by atoms with Crippen LogP contribution in [0.5, 0.6) is 0 Å². The zero-order valence-corrected chi connectivity index (χ0v) is 8.07. The van der Waals surface area contributed by atoms with Gasteiger partial charge in [0.25, 0.3) is 0 Å². The molecule has 0 radical (unpaired) electrons. The molecule has 0 N–H and O–H groups in total. The van der Waals surface area contributed by atoms with Gasteiger partial charge in [0, 0.05) is 0 Å². The van der Waals surface area contributed by atoms with Crippen molar-refractivity contribution in [2.45, 2.75) is 0 Å². The van der Waals surface area contributed by atoms with E-state index in [1.165, 1.54) is 0 Å². The van der Waals surface area contributed by atoms with E-state index in [2.05, 4.69) is 49.2 Å². The summed E-state index contributed by atoms with van der Waals surface area (Å²) in [6.07, 6.45) is 0. The molecule has 0 aromatic heterocycles. The second kappa shape index (κ2) is 17.3. The molecule has 0 rings (SSSR count). The Kier molecular flexibility index (Phi) is 42.6. The molecule has 0 bridgehead atoms. The van der Waals surface area contributed by atoms with Gasteiger partial charge in [0.05, 0.1) is 0 Å². The standard InChI is InChI=1S/2Ag.BrH.HI/h;;2*1H/q2*+1;;/p-2. The Balaban J connectivity index is 0. The summed E-state index contributed by atoms with van der Waals surface area (Å²) in [4.78, 5) is 0. The van der Waals surface area contributed by atoms with Crippen LogP contribution in [0.25, 0.3) is 0 Å². The van der Waals surface area contributed by atoms with E-state index in [0.29, 0.717) is 0 Å². The minimum atomic E-state index is 1.96. The summed E-state index contributed by atoms with van der Waals surface area (Å²) in [6, 6.07) is 0. The number of hydrogen-bond donors (Lipinski definition) is 0. The van der Waals surface area contributed by atoms with E-state index in [0.717, 1.165) is 0 Å². The van der Waals surface area contributed by atoms with Crippen molar-refractivity contribution in [2.24, 2.45) is 0 Å². The Morgan fingerprint density at radius 3 is 1.25 bits per heavy atom. The normalized spacial score (nSPS) is 3.50. The predicted molar refractivity (Wildman–Crippen MR) is 22.9 cm³/mol. The van der Waals surface area contributed by atoms with Crippen LogP contribution in [0, 0.1) is 0 Å². The SMILES string of the molecule is [Ag][I].[Br][Ag]. The summed E-state index contributed by atoms with van der Waals surface area (Å²) in [7, 11) is 0. The van der Waals surface area contributed by atoms with Gasteiger partial charge in [-0.1, -0.05) is 0 Å². The first-order valence-corrected chi connectivity index (χ1v) is 8.03. The molecule has 4 heteroatoms. The first kappa shape index (κ1) is 9.85. The summed E-state index contributed by atoms with van der Waals surface area (Å²) in [5.74, 6) is 0. The quantitative estimate of drug-likeness (QED) is 0.412. The molecule has 0 nitrogen and oxygen atoms in total. The average molecular weight is 423 g/mol. The number of halogens is 2. The zero-order valence-electron chi connectivity index (χ0n) is 1.36. The van der Waals surface area contributed by atoms with Crippen molar-refractivity contribution in [3.05, 3.63) is 0 Å². The zero-order chi connectivity index (χ0) is 4.00. The van der Waals surface area contributed by atoms with Gasteiger partial charge in [-0.3, -0.25) is 0 Å². The fourth-order valence-electron chi connectivity index (χ4n) is 0. The molecule has 4 heavy (non-hydrogen) atoms. The third kappa shape index (κ3) is 8.83. The van der Waals surface area contributed by atoms with Crippen LogP contribution in [0.2, 0.25) is 0 Å². The van der Waals surface area contributed by atoms with Crippen molar-refractivity contribution in [2.75, 3.05) is 0 Å². The fourth-order valence-corrected chi connectivity index (χ4v) is 0. The van der Waals surface area contributed by atoms with Crippen LogP contribution in [0.15, 0.2) is 0 Å². The first-order valence-electron chi connectivity index (χ1n) is 0.228. The van der Waals surface area contributed by atoms with Gasteiger partial charge in [-0.2, -0.15) is 0 Å². The van der Waals surface area contributed by atoms with Crippen LogP contribution in [0.1, 0.15) is 0 Å². The molecule has 0 spiro atoms.